The number of carbonyl (C=O) groups is 5. The first-order chi connectivity index (χ1) is 20.4. The Balaban J connectivity index is 1.42. The fourth-order valence-corrected chi connectivity index (χ4v) is 7.82. The lowest BCUT2D eigenvalue weighted by Crippen LogP contribution is -2.63. The highest BCUT2D eigenvalue weighted by Gasteiger charge is 2.55. The number of aryl methyl sites for hydroxylation is 1. The molecule has 234 valence electrons. The van der Waals surface area contributed by atoms with Crippen LogP contribution in [0.1, 0.15) is 83.8 Å². The molecule has 5 rings (SSSR count). The minimum absolute atomic E-state index is 0.198. The Morgan fingerprint density at radius 1 is 0.860 bits per heavy atom. The van der Waals surface area contributed by atoms with Crippen LogP contribution in [-0.4, -0.2) is 67.0 Å². The maximum Gasteiger partial charge on any atom is 0.303 e. The van der Waals surface area contributed by atoms with Gasteiger partial charge in [0.15, 0.2) is 12.2 Å². The molecule has 4 aliphatic rings. The van der Waals surface area contributed by atoms with E-state index in [1.165, 1.54) is 33.3 Å². The summed E-state index contributed by atoms with van der Waals surface area (Å²) in [4.78, 5) is 60.5. The molecule has 0 spiro atoms. The Kier molecular flexibility index (Phi) is 8.83. The molecule has 1 aromatic rings. The Hall–Kier alpha value is -3.47. The van der Waals surface area contributed by atoms with Crippen LogP contribution < -0.4 is 4.74 Å². The molecule has 0 amide bonds. The van der Waals surface area contributed by atoms with Crippen LogP contribution in [0.2, 0.25) is 0 Å². The molecule has 0 aromatic heterocycles. The van der Waals surface area contributed by atoms with Gasteiger partial charge in [0.05, 0.1) is 0 Å². The molecule has 11 nitrogen and oxygen atoms in total. The summed E-state index contributed by atoms with van der Waals surface area (Å²) in [5.41, 5.74) is 2.22. The first-order valence-corrected chi connectivity index (χ1v) is 15.0. The number of carbonyl (C=O) groups excluding carboxylic acids is 5. The summed E-state index contributed by atoms with van der Waals surface area (Å²) in [5.74, 6) is -0.542. The smallest absolute Gasteiger partial charge is 0.303 e. The second-order valence-corrected chi connectivity index (χ2v) is 12.4. The Morgan fingerprint density at radius 2 is 1.53 bits per heavy atom. The first-order valence-electron chi connectivity index (χ1n) is 15.0. The van der Waals surface area contributed by atoms with E-state index in [-0.39, 0.29) is 12.0 Å². The number of hydrogen-bond donors (Lipinski definition) is 0. The number of fused-ring (bicyclic) bond motifs is 5. The van der Waals surface area contributed by atoms with E-state index in [9.17, 15) is 24.0 Å². The van der Waals surface area contributed by atoms with Crippen molar-refractivity contribution in [3.05, 3.63) is 29.3 Å². The Labute approximate surface area is 250 Å². The van der Waals surface area contributed by atoms with Crippen LogP contribution in [0.25, 0.3) is 0 Å². The molecule has 2 saturated carbocycles. The van der Waals surface area contributed by atoms with Gasteiger partial charge < -0.3 is 28.4 Å². The number of rotatable bonds is 7. The van der Waals surface area contributed by atoms with Gasteiger partial charge in [-0.2, -0.15) is 0 Å². The van der Waals surface area contributed by atoms with Crippen molar-refractivity contribution in [3.63, 3.8) is 0 Å². The van der Waals surface area contributed by atoms with Crippen molar-refractivity contribution in [2.75, 3.05) is 6.61 Å². The maximum absolute atomic E-state index is 12.7. The average Bonchev–Trinajstić information content (AvgIpc) is 3.24. The van der Waals surface area contributed by atoms with Crippen LogP contribution in [0, 0.1) is 17.3 Å². The number of Topliss-reactive ketones (excluding diaryl/α,β-unsaturated/α-hetero) is 1. The predicted molar refractivity (Wildman–Crippen MR) is 149 cm³/mol. The number of esters is 4. The standard InChI is InChI=1S/C32H40O11/c1-16(33)38-15-26-28(39-17(2)34)29(40-18(3)35)30(41-19(4)36)31(43-26)42-21-7-9-22-20(14-21)6-8-24-23(22)12-13-32(5)25(24)10-11-27(32)37/h7,9,14,23-26,28-31H,6,8,10-13,15H2,1-5H3/t23-,24+,25-,26-,28+,29+,30-,31-,32+/m1/s1. The van der Waals surface area contributed by atoms with Gasteiger partial charge in [0.25, 0.3) is 0 Å². The highest BCUT2D eigenvalue weighted by Crippen LogP contribution is 2.59. The van der Waals surface area contributed by atoms with E-state index in [0.29, 0.717) is 35.7 Å². The van der Waals surface area contributed by atoms with Crippen LogP contribution in [-0.2, 0) is 54.1 Å². The first kappa shape index (κ1) is 31.0. The van der Waals surface area contributed by atoms with Gasteiger partial charge in [-0.25, -0.2) is 0 Å². The third kappa shape index (κ3) is 6.27. The summed E-state index contributed by atoms with van der Waals surface area (Å²) in [6.45, 7) is 6.59. The molecule has 1 aliphatic heterocycles. The van der Waals surface area contributed by atoms with E-state index in [4.69, 9.17) is 28.4 Å². The Morgan fingerprint density at radius 3 is 2.21 bits per heavy atom. The van der Waals surface area contributed by atoms with Crippen molar-refractivity contribution in [2.24, 2.45) is 17.3 Å². The zero-order valence-electron chi connectivity index (χ0n) is 25.3. The van der Waals surface area contributed by atoms with Gasteiger partial charge in [0, 0.05) is 39.5 Å². The molecule has 1 saturated heterocycles. The molecular weight excluding hydrogens is 560 g/mol. The fourth-order valence-electron chi connectivity index (χ4n) is 7.82. The van der Waals surface area contributed by atoms with Crippen molar-refractivity contribution < 1.29 is 52.4 Å². The van der Waals surface area contributed by atoms with Gasteiger partial charge in [-0.05, 0) is 73.1 Å². The van der Waals surface area contributed by atoms with E-state index in [2.05, 4.69) is 13.0 Å². The van der Waals surface area contributed by atoms with E-state index in [0.717, 1.165) is 37.7 Å². The molecule has 9 atom stereocenters. The van der Waals surface area contributed by atoms with Crippen LogP contribution >= 0.6 is 0 Å². The molecule has 0 bridgehead atoms. The lowest BCUT2D eigenvalue weighted by atomic mass is 9.55. The van der Waals surface area contributed by atoms with Gasteiger partial charge in [-0.1, -0.05) is 13.0 Å². The maximum atomic E-state index is 12.7. The van der Waals surface area contributed by atoms with Gasteiger partial charge in [0.2, 0.25) is 12.4 Å². The molecule has 43 heavy (non-hydrogen) atoms. The van der Waals surface area contributed by atoms with Crippen molar-refractivity contribution in [1.82, 2.24) is 0 Å². The van der Waals surface area contributed by atoms with E-state index < -0.39 is 54.6 Å². The lowest BCUT2D eigenvalue weighted by Gasteiger charge is -2.48. The van der Waals surface area contributed by atoms with Crippen LogP contribution in [0.5, 0.6) is 5.75 Å². The quantitative estimate of drug-likeness (QED) is 0.335. The van der Waals surface area contributed by atoms with Crippen molar-refractivity contribution >= 4 is 29.7 Å². The average molecular weight is 601 g/mol. The molecular formula is C32H40O11. The van der Waals surface area contributed by atoms with Crippen LogP contribution in [0.4, 0.5) is 0 Å². The largest absolute Gasteiger partial charge is 0.463 e. The second kappa shape index (κ2) is 12.3. The second-order valence-electron chi connectivity index (χ2n) is 12.4. The van der Waals surface area contributed by atoms with Crippen molar-refractivity contribution in [2.45, 2.75) is 110 Å². The van der Waals surface area contributed by atoms with Gasteiger partial charge in [-0.15, -0.1) is 0 Å². The molecule has 1 aromatic carbocycles. The minimum atomic E-state index is -1.30. The summed E-state index contributed by atoms with van der Waals surface area (Å²) < 4.78 is 34.0. The molecule has 1 heterocycles. The third-order valence-electron chi connectivity index (χ3n) is 9.61. The molecule has 11 heteroatoms. The topological polar surface area (TPSA) is 141 Å². The predicted octanol–water partition coefficient (Wildman–Crippen LogP) is 3.57. The monoisotopic (exact) mass is 600 g/mol. The highest BCUT2D eigenvalue weighted by atomic mass is 16.7. The van der Waals surface area contributed by atoms with Crippen molar-refractivity contribution in [1.29, 1.82) is 0 Å². The molecule has 0 radical (unpaired) electrons. The molecule has 0 unspecified atom stereocenters. The number of ketones is 1. The lowest BCUT2D eigenvalue weighted by molar-refractivity contribution is -0.288. The number of benzene rings is 1. The summed E-state index contributed by atoms with van der Waals surface area (Å²) in [7, 11) is 0. The molecule has 3 aliphatic carbocycles. The molecule has 0 N–H and O–H groups in total. The third-order valence-corrected chi connectivity index (χ3v) is 9.61. The summed E-state index contributed by atoms with van der Waals surface area (Å²) in [6.07, 6.45) is -0.852. The Bertz CT molecular complexity index is 1290. The van der Waals surface area contributed by atoms with Crippen LogP contribution in [0.15, 0.2) is 18.2 Å². The highest BCUT2D eigenvalue weighted by molar-refractivity contribution is 5.87. The van der Waals surface area contributed by atoms with E-state index in [1.54, 1.807) is 0 Å². The van der Waals surface area contributed by atoms with Crippen molar-refractivity contribution in [3.8, 4) is 5.75 Å². The number of ether oxygens (including phenoxy) is 6. The summed E-state index contributed by atoms with van der Waals surface area (Å²) in [5, 5.41) is 0. The fraction of sp³-hybridized carbons (Fsp3) is 0.656. The zero-order valence-corrected chi connectivity index (χ0v) is 25.3. The van der Waals surface area contributed by atoms with Gasteiger partial charge in [0.1, 0.15) is 24.2 Å². The van der Waals surface area contributed by atoms with E-state index >= 15 is 0 Å². The van der Waals surface area contributed by atoms with Gasteiger partial charge in [-0.3, -0.25) is 24.0 Å². The summed E-state index contributed by atoms with van der Waals surface area (Å²) in [6, 6.07) is 5.85. The number of hydrogen-bond acceptors (Lipinski definition) is 11. The summed E-state index contributed by atoms with van der Waals surface area (Å²) >= 11 is 0. The SMILES string of the molecule is CC(=O)OC[C@H]1O[C@@H](Oc2ccc3c(c2)CC[C@H]2[C@@H]3CC[C@]3(C)C(=O)CC[C@H]23)[C@H](OC(C)=O)[C@@H](OC(C)=O)[C@H]1OC(C)=O. The minimum Gasteiger partial charge on any atom is -0.463 e. The zero-order chi connectivity index (χ0) is 31.1. The van der Waals surface area contributed by atoms with E-state index in [1.807, 2.05) is 12.1 Å². The van der Waals surface area contributed by atoms with Gasteiger partial charge >= 0.3 is 23.9 Å². The normalized spacial score (nSPS) is 34.6. The van der Waals surface area contributed by atoms with Crippen LogP contribution in [0.3, 0.4) is 0 Å². The molecule has 3 fully saturated rings.